The Labute approximate surface area is 224 Å². The Bertz CT molecular complexity index is 1430. The van der Waals surface area contributed by atoms with E-state index in [0.717, 1.165) is 18.1 Å². The lowest BCUT2D eigenvalue weighted by Crippen LogP contribution is -2.47. The van der Waals surface area contributed by atoms with Gasteiger partial charge in [-0.15, -0.1) is 4.80 Å². The molecule has 1 aliphatic rings. The number of nitrogens with zero attached hydrogens (tertiary/aromatic N) is 5. The number of primary amides is 1. The molecular formula is C27H30FN9O2. The molecule has 5 rings (SSSR count). The number of carbonyl (C=O) groups is 1. The number of pyridine rings is 2. The lowest BCUT2D eigenvalue weighted by molar-refractivity contribution is 0.01000. The molecule has 202 valence electrons. The van der Waals surface area contributed by atoms with Gasteiger partial charge in [0.05, 0.1) is 48.2 Å². The maximum Gasteiger partial charge on any atom is 0.252 e. The number of hydrogen-bond donors (Lipinski definition) is 4. The monoisotopic (exact) mass is 531 g/mol. The molecule has 1 aliphatic carbocycles. The average molecular weight is 532 g/mol. The summed E-state index contributed by atoms with van der Waals surface area (Å²) in [6.07, 6.45) is 6.75. The minimum absolute atomic E-state index is 0.0121. The van der Waals surface area contributed by atoms with E-state index in [2.05, 4.69) is 30.8 Å². The number of carbonyl (C=O) groups excluding carboxylic acids is 1. The van der Waals surface area contributed by atoms with Crippen molar-refractivity contribution in [2.24, 2.45) is 11.5 Å². The van der Waals surface area contributed by atoms with Crippen LogP contribution in [0.1, 0.15) is 40.9 Å². The summed E-state index contributed by atoms with van der Waals surface area (Å²) in [7, 11) is 0. The Balaban J connectivity index is 1.30. The minimum Gasteiger partial charge on any atom is -0.373 e. The van der Waals surface area contributed by atoms with Crippen molar-refractivity contribution in [1.82, 2.24) is 25.0 Å². The van der Waals surface area contributed by atoms with Crippen LogP contribution in [0.15, 0.2) is 61.1 Å². The van der Waals surface area contributed by atoms with Gasteiger partial charge in [-0.1, -0.05) is 30.3 Å². The SMILES string of the molecule is Cc1ncc(Nc2nc(NC3CC[C@@H](OCc4ccccc4)C[C@@H]3N)c(F)cc2C(N)=O)cc1-n1nccn1. The molecule has 39 heavy (non-hydrogen) atoms. The highest BCUT2D eigenvalue weighted by molar-refractivity contribution is 5.98. The number of halogens is 1. The van der Waals surface area contributed by atoms with Gasteiger partial charge in [0.2, 0.25) is 0 Å². The average Bonchev–Trinajstić information content (AvgIpc) is 3.47. The standard InChI is InChI=1S/C27H30FN9O2/c1-16-24(37-32-9-10-33-37)11-18(14-31-16)34-26-20(25(30)38)13-21(28)27(36-26)35-23-8-7-19(12-22(23)29)39-15-17-5-3-2-4-6-17/h2-6,9-11,13-14,19,22-23H,7-8,12,15,29H2,1H3,(H2,30,38)(H2,34,35,36)/t19-,22+,23?/m1/s1. The molecule has 1 saturated carbocycles. The topological polar surface area (TPSA) is 159 Å². The number of ether oxygens (including phenoxy) is 1. The highest BCUT2D eigenvalue weighted by atomic mass is 19.1. The van der Waals surface area contributed by atoms with Gasteiger partial charge in [-0.3, -0.25) is 9.78 Å². The van der Waals surface area contributed by atoms with E-state index < -0.39 is 11.7 Å². The van der Waals surface area contributed by atoms with Gasteiger partial charge in [-0.2, -0.15) is 10.2 Å². The fraction of sp³-hybridized carbons (Fsp3) is 0.296. The fourth-order valence-corrected chi connectivity index (χ4v) is 4.60. The summed E-state index contributed by atoms with van der Waals surface area (Å²) in [5.41, 5.74) is 14.8. The molecule has 12 heteroatoms. The van der Waals surface area contributed by atoms with Crippen molar-refractivity contribution in [3.8, 4) is 5.69 Å². The summed E-state index contributed by atoms with van der Waals surface area (Å²) < 4.78 is 21.1. The van der Waals surface area contributed by atoms with Crippen LogP contribution < -0.4 is 22.1 Å². The van der Waals surface area contributed by atoms with Crippen LogP contribution in [-0.4, -0.2) is 49.1 Å². The number of amides is 1. The quantitative estimate of drug-likeness (QED) is 0.254. The molecule has 1 unspecified atom stereocenters. The van der Waals surface area contributed by atoms with Crippen LogP contribution in [0, 0.1) is 12.7 Å². The molecule has 0 radical (unpaired) electrons. The lowest BCUT2D eigenvalue weighted by Gasteiger charge is -2.34. The molecule has 0 aliphatic heterocycles. The predicted molar refractivity (Wildman–Crippen MR) is 144 cm³/mol. The van der Waals surface area contributed by atoms with Crippen molar-refractivity contribution in [3.05, 3.63) is 83.7 Å². The predicted octanol–water partition coefficient (Wildman–Crippen LogP) is 3.22. The first-order chi connectivity index (χ1) is 18.9. The van der Waals surface area contributed by atoms with Crippen molar-refractivity contribution in [2.75, 3.05) is 10.6 Å². The zero-order valence-electron chi connectivity index (χ0n) is 21.4. The van der Waals surface area contributed by atoms with Gasteiger partial charge >= 0.3 is 0 Å². The maximum atomic E-state index is 15.0. The molecule has 11 nitrogen and oxygen atoms in total. The number of aryl methyl sites for hydroxylation is 1. The highest BCUT2D eigenvalue weighted by Crippen LogP contribution is 2.28. The Morgan fingerprint density at radius 2 is 1.92 bits per heavy atom. The molecular weight excluding hydrogens is 501 g/mol. The smallest absolute Gasteiger partial charge is 0.252 e. The molecule has 3 heterocycles. The summed E-state index contributed by atoms with van der Waals surface area (Å²) in [4.78, 5) is 22.3. The van der Waals surface area contributed by atoms with Gasteiger partial charge in [0, 0.05) is 12.1 Å². The van der Waals surface area contributed by atoms with Crippen LogP contribution >= 0.6 is 0 Å². The van der Waals surface area contributed by atoms with Crippen molar-refractivity contribution in [2.45, 2.75) is 51.0 Å². The van der Waals surface area contributed by atoms with Gasteiger partial charge in [0.25, 0.3) is 5.91 Å². The van der Waals surface area contributed by atoms with Crippen LogP contribution in [0.2, 0.25) is 0 Å². The van der Waals surface area contributed by atoms with Crippen LogP contribution in [-0.2, 0) is 11.3 Å². The van der Waals surface area contributed by atoms with Crippen LogP contribution in [0.3, 0.4) is 0 Å². The molecule has 3 atom stereocenters. The summed E-state index contributed by atoms with van der Waals surface area (Å²) in [6.45, 7) is 2.34. The Kier molecular flexibility index (Phi) is 7.75. The van der Waals surface area contributed by atoms with Gasteiger partial charge in [-0.05, 0) is 43.9 Å². The molecule has 0 bridgehead atoms. The van der Waals surface area contributed by atoms with E-state index in [1.807, 2.05) is 37.3 Å². The summed E-state index contributed by atoms with van der Waals surface area (Å²) in [5, 5.41) is 14.4. The molecule has 4 aromatic rings. The molecule has 1 amide bonds. The highest BCUT2D eigenvalue weighted by Gasteiger charge is 2.30. The fourth-order valence-electron chi connectivity index (χ4n) is 4.60. The first kappa shape index (κ1) is 26.2. The van der Waals surface area contributed by atoms with Crippen molar-refractivity contribution < 1.29 is 13.9 Å². The van der Waals surface area contributed by atoms with Crippen LogP contribution in [0.25, 0.3) is 5.69 Å². The van der Waals surface area contributed by atoms with Gasteiger partial charge in [0.15, 0.2) is 11.6 Å². The zero-order valence-corrected chi connectivity index (χ0v) is 21.4. The van der Waals surface area contributed by atoms with Gasteiger partial charge < -0.3 is 26.8 Å². The second-order valence-electron chi connectivity index (χ2n) is 9.50. The third kappa shape index (κ3) is 6.19. The summed E-state index contributed by atoms with van der Waals surface area (Å²) in [6, 6.07) is 12.3. The van der Waals surface area contributed by atoms with Gasteiger partial charge in [-0.25, -0.2) is 9.37 Å². The van der Waals surface area contributed by atoms with Crippen molar-refractivity contribution in [3.63, 3.8) is 0 Å². The number of anilines is 3. The molecule has 6 N–H and O–H groups in total. The molecule has 0 spiro atoms. The first-order valence-corrected chi connectivity index (χ1v) is 12.7. The minimum atomic E-state index is -0.822. The third-order valence-electron chi connectivity index (χ3n) is 6.70. The zero-order chi connectivity index (χ0) is 27.4. The molecule has 1 aromatic carbocycles. The number of nitrogens with one attached hydrogen (secondary N) is 2. The van der Waals surface area contributed by atoms with Crippen molar-refractivity contribution >= 4 is 23.2 Å². The summed E-state index contributed by atoms with van der Waals surface area (Å²) in [5.74, 6) is -1.46. The number of nitrogens with two attached hydrogens (primary N) is 2. The Morgan fingerprint density at radius 3 is 2.64 bits per heavy atom. The second-order valence-corrected chi connectivity index (χ2v) is 9.50. The maximum absolute atomic E-state index is 15.0. The Morgan fingerprint density at radius 1 is 1.15 bits per heavy atom. The Hall–Kier alpha value is -4.42. The first-order valence-electron chi connectivity index (χ1n) is 12.7. The second kappa shape index (κ2) is 11.5. The van der Waals surface area contributed by atoms with Crippen LogP contribution in [0.5, 0.6) is 0 Å². The molecule has 1 fully saturated rings. The number of hydrogen-bond acceptors (Lipinski definition) is 9. The van der Waals surface area contributed by atoms with Gasteiger partial charge in [0.1, 0.15) is 11.5 Å². The number of rotatable bonds is 9. The van der Waals surface area contributed by atoms with E-state index in [4.69, 9.17) is 16.2 Å². The number of aromatic nitrogens is 5. The van der Waals surface area contributed by atoms with E-state index in [1.54, 1.807) is 24.7 Å². The normalized spacial score (nSPS) is 19.0. The van der Waals surface area contributed by atoms with E-state index in [0.29, 0.717) is 36.5 Å². The van der Waals surface area contributed by atoms with Crippen LogP contribution in [0.4, 0.5) is 21.7 Å². The van der Waals surface area contributed by atoms with E-state index in [9.17, 15) is 4.79 Å². The summed E-state index contributed by atoms with van der Waals surface area (Å²) >= 11 is 0. The molecule has 3 aromatic heterocycles. The van der Waals surface area contributed by atoms with E-state index in [-0.39, 0.29) is 35.4 Å². The van der Waals surface area contributed by atoms with E-state index >= 15 is 4.39 Å². The lowest BCUT2D eigenvalue weighted by atomic mass is 9.88. The number of benzene rings is 1. The van der Waals surface area contributed by atoms with E-state index in [1.165, 1.54) is 4.80 Å². The van der Waals surface area contributed by atoms with Crippen molar-refractivity contribution in [1.29, 1.82) is 0 Å². The largest absolute Gasteiger partial charge is 0.373 e. The third-order valence-corrected chi connectivity index (χ3v) is 6.70. The molecule has 0 saturated heterocycles.